The largest absolute Gasteiger partial charge is 0.478 e. The fourth-order valence-electron chi connectivity index (χ4n) is 4.22. The molecule has 2 aromatic rings. The van der Waals surface area contributed by atoms with Gasteiger partial charge in [-0.05, 0) is 31.0 Å². The van der Waals surface area contributed by atoms with E-state index in [1.807, 2.05) is 0 Å². The van der Waals surface area contributed by atoms with Gasteiger partial charge >= 0.3 is 11.9 Å². The number of amidine groups is 1. The Kier molecular flexibility index (Phi) is 8.27. The van der Waals surface area contributed by atoms with E-state index in [0.717, 1.165) is 6.08 Å². The number of benzene rings is 1. The number of hydrogen-bond donors (Lipinski definition) is 2. The van der Waals surface area contributed by atoms with Gasteiger partial charge in [-0.15, -0.1) is 11.3 Å². The van der Waals surface area contributed by atoms with Crippen LogP contribution in [0.15, 0.2) is 62.7 Å². The number of aliphatic imine (C=N–C) groups is 1. The summed E-state index contributed by atoms with van der Waals surface area (Å²) in [4.78, 5) is 35.1. The highest BCUT2D eigenvalue weighted by atomic mass is 79.9. The first-order valence-electron chi connectivity index (χ1n) is 11.2. The van der Waals surface area contributed by atoms with Gasteiger partial charge in [-0.2, -0.15) is 0 Å². The monoisotopic (exact) mass is 580 g/mol. The van der Waals surface area contributed by atoms with Crippen LogP contribution in [0.25, 0.3) is 0 Å². The number of aromatic nitrogens is 1. The number of likely N-dealkylation sites (tertiary alicyclic amines) is 1. The number of esters is 1. The molecule has 1 aromatic heterocycles. The average Bonchev–Trinajstić information content (AvgIpc) is 3.47. The maximum atomic E-state index is 14.4. The summed E-state index contributed by atoms with van der Waals surface area (Å²) in [6.07, 6.45) is 3.03. The first kappa shape index (κ1) is 26.1. The number of hydrogen-bond acceptors (Lipinski definition) is 8. The van der Waals surface area contributed by atoms with Crippen LogP contribution in [0.3, 0.4) is 0 Å². The zero-order valence-electron chi connectivity index (χ0n) is 19.2. The van der Waals surface area contributed by atoms with Crippen molar-refractivity contribution in [2.24, 2.45) is 4.99 Å². The fraction of sp³-hybridized carbons (Fsp3) is 0.333. The van der Waals surface area contributed by atoms with Gasteiger partial charge in [0.2, 0.25) is 0 Å². The van der Waals surface area contributed by atoms with E-state index in [1.165, 1.54) is 29.5 Å². The van der Waals surface area contributed by atoms with Crippen molar-refractivity contribution in [3.8, 4) is 0 Å². The van der Waals surface area contributed by atoms with Crippen molar-refractivity contribution in [3.05, 3.63) is 74.1 Å². The highest BCUT2D eigenvalue weighted by Gasteiger charge is 2.37. The van der Waals surface area contributed by atoms with E-state index in [2.05, 4.69) is 26.2 Å². The molecule has 0 aliphatic carbocycles. The lowest BCUT2D eigenvalue weighted by atomic mass is 9.95. The number of halogens is 3. The highest BCUT2D eigenvalue weighted by molar-refractivity contribution is 9.10. The summed E-state index contributed by atoms with van der Waals surface area (Å²) in [6.45, 7) is 1.96. The van der Waals surface area contributed by atoms with Crippen LogP contribution in [0, 0.1) is 5.82 Å². The van der Waals surface area contributed by atoms with Crippen molar-refractivity contribution < 1.29 is 28.2 Å². The van der Waals surface area contributed by atoms with Crippen molar-refractivity contribution in [1.29, 1.82) is 0 Å². The molecule has 8 nitrogen and oxygen atoms in total. The van der Waals surface area contributed by atoms with E-state index in [-0.39, 0.29) is 31.7 Å². The van der Waals surface area contributed by atoms with Gasteiger partial charge in [0.1, 0.15) is 18.0 Å². The third-order valence-electron chi connectivity index (χ3n) is 5.73. The fourth-order valence-corrected chi connectivity index (χ4v) is 5.38. The number of carboxylic acid groups (broad SMARTS) is 1. The predicted octanol–water partition coefficient (Wildman–Crippen LogP) is 4.01. The molecule has 12 heteroatoms. The molecule has 36 heavy (non-hydrogen) atoms. The van der Waals surface area contributed by atoms with E-state index in [4.69, 9.17) is 14.8 Å². The number of nitrogens with zero attached hydrogens (tertiary/aromatic N) is 3. The molecular weight excluding hydrogens is 558 g/mol. The number of alkyl halides is 1. The van der Waals surface area contributed by atoms with Crippen LogP contribution in [-0.4, -0.2) is 64.7 Å². The first-order valence-corrected chi connectivity index (χ1v) is 12.8. The van der Waals surface area contributed by atoms with Crippen molar-refractivity contribution in [1.82, 2.24) is 15.2 Å². The summed E-state index contributed by atoms with van der Waals surface area (Å²) >= 11 is 4.73. The van der Waals surface area contributed by atoms with Gasteiger partial charge < -0.3 is 15.2 Å². The molecule has 3 atom stereocenters. The minimum Gasteiger partial charge on any atom is -0.478 e. The first-order chi connectivity index (χ1) is 17.3. The van der Waals surface area contributed by atoms with E-state index >= 15 is 0 Å². The van der Waals surface area contributed by atoms with Gasteiger partial charge in [0.05, 0.1) is 12.2 Å². The molecule has 1 aromatic carbocycles. The number of carboxylic acids is 1. The number of carbonyl (C=O) groups is 2. The van der Waals surface area contributed by atoms with E-state index in [9.17, 15) is 18.4 Å². The average molecular weight is 581 g/mol. The molecule has 0 radical (unpaired) electrons. The molecular formula is C24H23BrF2N4O4S. The molecule has 2 aliphatic heterocycles. The molecule has 1 fully saturated rings. The quantitative estimate of drug-likeness (QED) is 0.359. The van der Waals surface area contributed by atoms with Gasteiger partial charge in [0.15, 0.2) is 10.8 Å². The number of carbonyl (C=O) groups excluding carboxylic acids is 1. The van der Waals surface area contributed by atoms with Gasteiger partial charge in [-0.3, -0.25) is 9.89 Å². The van der Waals surface area contributed by atoms with Gasteiger partial charge in [0, 0.05) is 47.0 Å². The Labute approximate surface area is 218 Å². The molecule has 1 saturated heterocycles. The van der Waals surface area contributed by atoms with Crippen LogP contribution in [0.2, 0.25) is 0 Å². The highest BCUT2D eigenvalue weighted by Crippen LogP contribution is 2.37. The third kappa shape index (κ3) is 5.88. The summed E-state index contributed by atoms with van der Waals surface area (Å²) in [5.74, 6) is -1.79. The maximum Gasteiger partial charge on any atom is 0.338 e. The Morgan fingerprint density at radius 3 is 2.89 bits per heavy atom. The van der Waals surface area contributed by atoms with Crippen molar-refractivity contribution in [2.45, 2.75) is 31.6 Å². The lowest BCUT2D eigenvalue weighted by molar-refractivity contribution is -0.139. The van der Waals surface area contributed by atoms with E-state index in [1.54, 1.807) is 29.5 Å². The van der Waals surface area contributed by atoms with Crippen LogP contribution in [0.4, 0.5) is 8.78 Å². The van der Waals surface area contributed by atoms with Gasteiger partial charge in [-0.25, -0.2) is 23.4 Å². The lowest BCUT2D eigenvalue weighted by Crippen LogP contribution is -2.41. The Morgan fingerprint density at radius 2 is 2.22 bits per heavy atom. The zero-order chi connectivity index (χ0) is 25.8. The lowest BCUT2D eigenvalue weighted by Gasteiger charge is -2.31. The number of nitrogens with one attached hydrogen (secondary N) is 1. The number of rotatable bonds is 8. The summed E-state index contributed by atoms with van der Waals surface area (Å²) < 4.78 is 34.0. The van der Waals surface area contributed by atoms with Gasteiger partial charge in [0.25, 0.3) is 0 Å². The number of thiazole rings is 1. The van der Waals surface area contributed by atoms with Crippen molar-refractivity contribution >= 4 is 45.0 Å². The normalized spacial score (nSPS) is 22.6. The summed E-state index contributed by atoms with van der Waals surface area (Å²) in [5, 5.41) is 14.6. The molecule has 4 rings (SSSR count). The third-order valence-corrected chi connectivity index (χ3v) is 7.20. The van der Waals surface area contributed by atoms with Crippen LogP contribution in [0.5, 0.6) is 0 Å². The molecule has 0 spiro atoms. The predicted molar refractivity (Wildman–Crippen MR) is 134 cm³/mol. The summed E-state index contributed by atoms with van der Waals surface area (Å²) in [6, 6.07) is 2.78. The van der Waals surface area contributed by atoms with Crippen LogP contribution in [-0.2, 0) is 14.3 Å². The minimum absolute atomic E-state index is 0.0601. The summed E-state index contributed by atoms with van der Waals surface area (Å²) in [7, 11) is 0. The van der Waals surface area contributed by atoms with E-state index < -0.39 is 36.0 Å². The van der Waals surface area contributed by atoms with Crippen LogP contribution in [0.1, 0.15) is 30.0 Å². The second-order valence-electron chi connectivity index (χ2n) is 8.15. The number of aliphatic carboxylic acids is 1. The Bertz CT molecular complexity index is 1230. The Balaban J connectivity index is 1.81. The van der Waals surface area contributed by atoms with Crippen LogP contribution < -0.4 is 5.32 Å². The molecule has 190 valence electrons. The molecule has 0 saturated carbocycles. The smallest absolute Gasteiger partial charge is 0.338 e. The molecule has 3 heterocycles. The molecule has 2 aliphatic rings. The van der Waals surface area contributed by atoms with Gasteiger partial charge in [-0.1, -0.05) is 28.1 Å². The Hall–Kier alpha value is -2.96. The molecule has 2 N–H and O–H groups in total. The van der Waals surface area contributed by atoms with Crippen molar-refractivity contribution in [3.63, 3.8) is 0 Å². The van der Waals surface area contributed by atoms with Crippen LogP contribution >= 0.6 is 27.3 Å². The maximum absolute atomic E-state index is 14.4. The standard InChI is InChI=1S/C24H23BrF2N4O4S/c1-2-35-24(34)20-18(12-31-11-14(27)9-15(31)4-6-19(32)33)29-22(23-28-7-8-36-23)30-21(20)16-5-3-13(26)10-17(16)25/h3-8,10,14-15,21H,2,9,11-12H2,1H3,(H,29,30)(H,32,33)/b6-4+/t14?,15?,21-/m0/s1. The Morgan fingerprint density at radius 1 is 1.42 bits per heavy atom. The summed E-state index contributed by atoms with van der Waals surface area (Å²) in [5.41, 5.74) is 1.17. The molecule has 0 bridgehead atoms. The number of ether oxygens (including phenoxy) is 1. The SMILES string of the molecule is CCOC(=O)C1=C(CN2CC(F)CC2/C=C/C(=O)O)NC(c2nccs2)=N[C@H]1c1ccc(F)cc1Br. The minimum atomic E-state index is -1.15. The van der Waals surface area contributed by atoms with Crippen molar-refractivity contribution in [2.75, 3.05) is 19.7 Å². The molecule has 0 amide bonds. The second kappa shape index (κ2) is 11.4. The zero-order valence-corrected chi connectivity index (χ0v) is 21.6. The van der Waals surface area contributed by atoms with E-state index in [0.29, 0.717) is 26.6 Å². The molecule has 2 unspecified atom stereocenters. The topological polar surface area (TPSA) is 104 Å². The second-order valence-corrected chi connectivity index (χ2v) is 9.90.